The number of hydrogen-bond donors (Lipinski definition) is 0. The number of ether oxygens (including phenoxy) is 1. The molecule has 0 unspecified atom stereocenters. The van der Waals surface area contributed by atoms with Gasteiger partial charge < -0.3 is 13.8 Å². The molecule has 4 aromatic rings. The summed E-state index contributed by atoms with van der Waals surface area (Å²) in [7, 11) is 0. The predicted molar refractivity (Wildman–Crippen MR) is 94.8 cm³/mol. The van der Waals surface area contributed by atoms with Crippen LogP contribution in [0, 0.1) is 17.5 Å². The Balaban J connectivity index is 1.42. The van der Waals surface area contributed by atoms with Crippen molar-refractivity contribution in [2.75, 3.05) is 0 Å². The van der Waals surface area contributed by atoms with Crippen molar-refractivity contribution in [3.63, 3.8) is 0 Å². The Hall–Kier alpha value is -3.46. The summed E-state index contributed by atoms with van der Waals surface area (Å²) in [6, 6.07) is 9.64. The summed E-state index contributed by atoms with van der Waals surface area (Å²) in [4.78, 5) is 8.57. The Morgan fingerprint density at radius 3 is 2.76 bits per heavy atom. The molecular formula is C20H13F3N4O2. The molecule has 6 nitrogen and oxygen atoms in total. The smallest absolute Gasteiger partial charge is 0.278 e. The third kappa shape index (κ3) is 3.19. The molecule has 0 N–H and O–H groups in total. The highest BCUT2D eigenvalue weighted by atomic mass is 19.2. The van der Waals surface area contributed by atoms with E-state index in [-0.39, 0.29) is 35.8 Å². The Bertz CT molecular complexity index is 1200. The molecule has 0 bridgehead atoms. The molecule has 0 radical (unpaired) electrons. The maximum absolute atomic E-state index is 13.5. The fraction of sp³-hybridized carbons (Fsp3) is 0.150. The van der Waals surface area contributed by atoms with Crippen molar-refractivity contribution in [1.82, 2.24) is 19.7 Å². The fourth-order valence-corrected chi connectivity index (χ4v) is 3.29. The number of nitrogens with zero attached hydrogens (tertiary/aromatic N) is 4. The molecular weight excluding hydrogens is 385 g/mol. The second kappa shape index (κ2) is 6.85. The first kappa shape index (κ1) is 17.6. The van der Waals surface area contributed by atoms with Crippen molar-refractivity contribution in [2.45, 2.75) is 19.3 Å². The van der Waals surface area contributed by atoms with Crippen molar-refractivity contribution in [3.05, 3.63) is 77.5 Å². The zero-order chi connectivity index (χ0) is 20.0. The van der Waals surface area contributed by atoms with Crippen molar-refractivity contribution in [1.29, 1.82) is 0 Å². The number of hydrogen-bond acceptors (Lipinski definition) is 5. The molecule has 9 heteroatoms. The topological polar surface area (TPSA) is 66.0 Å². The van der Waals surface area contributed by atoms with Gasteiger partial charge in [-0.1, -0.05) is 17.3 Å². The van der Waals surface area contributed by atoms with Gasteiger partial charge in [0, 0.05) is 5.56 Å². The highest BCUT2D eigenvalue weighted by molar-refractivity contribution is 5.59. The maximum atomic E-state index is 13.5. The van der Waals surface area contributed by atoms with E-state index in [0.29, 0.717) is 12.2 Å². The summed E-state index contributed by atoms with van der Waals surface area (Å²) >= 11 is 0. The van der Waals surface area contributed by atoms with Gasteiger partial charge in [-0.2, -0.15) is 4.98 Å². The van der Waals surface area contributed by atoms with Crippen molar-refractivity contribution < 1.29 is 22.4 Å². The molecule has 1 atom stereocenters. The molecule has 0 amide bonds. The van der Waals surface area contributed by atoms with Crippen LogP contribution in [-0.2, 0) is 17.9 Å². The maximum Gasteiger partial charge on any atom is 0.278 e. The summed E-state index contributed by atoms with van der Waals surface area (Å²) in [5, 5.41) is 3.83. The van der Waals surface area contributed by atoms with E-state index in [1.807, 2.05) is 10.6 Å². The number of halogens is 3. The van der Waals surface area contributed by atoms with Gasteiger partial charge in [0.1, 0.15) is 11.9 Å². The van der Waals surface area contributed by atoms with Crippen LogP contribution in [0.4, 0.5) is 13.2 Å². The Labute approximate surface area is 162 Å². The second-order valence-electron chi connectivity index (χ2n) is 6.60. The molecule has 3 heterocycles. The minimum Gasteiger partial charge on any atom is -0.365 e. The van der Waals surface area contributed by atoms with Crippen molar-refractivity contribution >= 4 is 0 Å². The first-order valence-electron chi connectivity index (χ1n) is 8.79. The van der Waals surface area contributed by atoms with Gasteiger partial charge in [-0.3, -0.25) is 0 Å². The van der Waals surface area contributed by atoms with Gasteiger partial charge in [0.15, 0.2) is 17.3 Å². The highest BCUT2D eigenvalue weighted by Crippen LogP contribution is 2.32. The van der Waals surface area contributed by atoms with Crippen LogP contribution in [0.25, 0.3) is 23.0 Å². The van der Waals surface area contributed by atoms with Crippen LogP contribution in [0.2, 0.25) is 0 Å². The first-order valence-corrected chi connectivity index (χ1v) is 8.79. The second-order valence-corrected chi connectivity index (χ2v) is 6.60. The zero-order valence-corrected chi connectivity index (χ0v) is 14.8. The summed E-state index contributed by atoms with van der Waals surface area (Å²) in [6.07, 6.45) is 1.32. The van der Waals surface area contributed by atoms with Gasteiger partial charge in [-0.15, -0.1) is 0 Å². The molecule has 0 saturated heterocycles. The van der Waals surface area contributed by atoms with E-state index in [2.05, 4.69) is 15.1 Å². The molecule has 0 spiro atoms. The number of fused-ring (bicyclic) bond motifs is 1. The lowest BCUT2D eigenvalue weighted by Gasteiger charge is -2.25. The molecule has 0 aliphatic carbocycles. The lowest BCUT2D eigenvalue weighted by Crippen LogP contribution is -2.20. The van der Waals surface area contributed by atoms with E-state index >= 15 is 0 Å². The van der Waals surface area contributed by atoms with Crippen LogP contribution in [0.3, 0.4) is 0 Å². The Kier molecular flexibility index (Phi) is 4.17. The fourth-order valence-electron chi connectivity index (χ4n) is 3.29. The van der Waals surface area contributed by atoms with Crippen LogP contribution in [-0.4, -0.2) is 19.7 Å². The first-order chi connectivity index (χ1) is 14.1. The predicted octanol–water partition coefficient (Wildman–Crippen LogP) is 4.29. The van der Waals surface area contributed by atoms with E-state index in [1.165, 1.54) is 18.2 Å². The summed E-state index contributed by atoms with van der Waals surface area (Å²) in [6.45, 7) is 0.676. The standard InChI is InChI=1S/C20H13F3N4O2/c21-13-3-1-2-11(6-13)17-8-27-10-24-18(16(27)9-28-17)20-25-19(26-29-20)12-4-5-14(22)15(23)7-12/h1-7,10,17H,8-9H2/t17-/m0/s1. The molecule has 0 fully saturated rings. The molecule has 0 saturated carbocycles. The lowest BCUT2D eigenvalue weighted by molar-refractivity contribution is 0.00314. The van der Waals surface area contributed by atoms with Gasteiger partial charge >= 0.3 is 0 Å². The summed E-state index contributed by atoms with van der Waals surface area (Å²) < 4.78 is 53.1. The Morgan fingerprint density at radius 2 is 1.93 bits per heavy atom. The van der Waals surface area contributed by atoms with Gasteiger partial charge in [-0.25, -0.2) is 18.2 Å². The monoisotopic (exact) mass is 398 g/mol. The lowest BCUT2D eigenvalue weighted by atomic mass is 10.1. The zero-order valence-electron chi connectivity index (χ0n) is 14.8. The van der Waals surface area contributed by atoms with Crippen LogP contribution < -0.4 is 0 Å². The summed E-state index contributed by atoms with van der Waals surface area (Å²) in [5.41, 5.74) is 2.21. The average Bonchev–Trinajstić information content (AvgIpc) is 3.36. The molecule has 1 aliphatic heterocycles. The Morgan fingerprint density at radius 1 is 1.03 bits per heavy atom. The average molecular weight is 398 g/mol. The van der Waals surface area contributed by atoms with Crippen LogP contribution in [0.15, 0.2) is 53.3 Å². The van der Waals surface area contributed by atoms with Crippen LogP contribution >= 0.6 is 0 Å². The highest BCUT2D eigenvalue weighted by Gasteiger charge is 2.27. The van der Waals surface area contributed by atoms with E-state index in [0.717, 1.165) is 23.4 Å². The molecule has 29 heavy (non-hydrogen) atoms. The number of imidazole rings is 1. The third-order valence-corrected chi connectivity index (χ3v) is 4.76. The quantitative estimate of drug-likeness (QED) is 0.515. The van der Waals surface area contributed by atoms with Gasteiger partial charge in [0.25, 0.3) is 5.89 Å². The normalized spacial score (nSPS) is 16.0. The minimum absolute atomic E-state index is 0.120. The minimum atomic E-state index is -0.995. The molecule has 2 aromatic carbocycles. The van der Waals surface area contributed by atoms with E-state index in [4.69, 9.17) is 9.26 Å². The van der Waals surface area contributed by atoms with Crippen molar-refractivity contribution in [2.24, 2.45) is 0 Å². The van der Waals surface area contributed by atoms with E-state index < -0.39 is 11.6 Å². The number of aromatic nitrogens is 4. The molecule has 2 aromatic heterocycles. The number of rotatable bonds is 3. The van der Waals surface area contributed by atoms with Crippen LogP contribution in [0.5, 0.6) is 0 Å². The van der Waals surface area contributed by atoms with Gasteiger partial charge in [-0.05, 0) is 35.9 Å². The van der Waals surface area contributed by atoms with Crippen LogP contribution in [0.1, 0.15) is 17.4 Å². The van der Waals surface area contributed by atoms with Crippen molar-refractivity contribution in [3.8, 4) is 23.0 Å². The molecule has 5 rings (SSSR count). The largest absolute Gasteiger partial charge is 0.365 e. The van der Waals surface area contributed by atoms with E-state index in [9.17, 15) is 13.2 Å². The van der Waals surface area contributed by atoms with Gasteiger partial charge in [0.2, 0.25) is 5.82 Å². The van der Waals surface area contributed by atoms with E-state index in [1.54, 1.807) is 12.4 Å². The molecule has 1 aliphatic rings. The SMILES string of the molecule is Fc1cccc([C@@H]2Cn3cnc(-c4nc(-c5ccc(F)c(F)c5)no4)c3CO2)c1. The third-order valence-electron chi connectivity index (χ3n) is 4.76. The number of benzene rings is 2. The summed E-state index contributed by atoms with van der Waals surface area (Å²) in [5.74, 6) is -2.00. The molecule has 146 valence electrons. The van der Waals surface area contributed by atoms with Gasteiger partial charge in [0.05, 0.1) is 25.2 Å².